The summed E-state index contributed by atoms with van der Waals surface area (Å²) in [6, 6.07) is 14.7. The largest absolute Gasteiger partial charge is 0.497 e. The Balaban J connectivity index is 1.24. The highest BCUT2D eigenvalue weighted by atomic mass is 16.6. The number of carbonyl (C=O) groups excluding carboxylic acids is 1. The third-order valence-corrected chi connectivity index (χ3v) is 6.03. The third kappa shape index (κ3) is 4.27. The summed E-state index contributed by atoms with van der Waals surface area (Å²) in [5, 5.41) is 15.0. The van der Waals surface area contributed by atoms with E-state index in [1.807, 2.05) is 43.3 Å². The summed E-state index contributed by atoms with van der Waals surface area (Å²) in [6.45, 7) is 0.583. The normalized spacial score (nSPS) is 23.4. The molecule has 0 bridgehead atoms. The van der Waals surface area contributed by atoms with Gasteiger partial charge >= 0.3 is 6.09 Å². The second-order valence-corrected chi connectivity index (χ2v) is 8.35. The van der Waals surface area contributed by atoms with Crippen molar-refractivity contribution in [3.63, 3.8) is 0 Å². The van der Waals surface area contributed by atoms with Crippen molar-refractivity contribution < 1.29 is 23.7 Å². The molecule has 4 atom stereocenters. The number of anilines is 2. The molecule has 0 radical (unpaired) electrons. The van der Waals surface area contributed by atoms with Gasteiger partial charge in [0.25, 0.3) is 0 Å². The minimum Gasteiger partial charge on any atom is -0.497 e. The predicted molar refractivity (Wildman–Crippen MR) is 123 cm³/mol. The van der Waals surface area contributed by atoms with Crippen LogP contribution in [-0.4, -0.2) is 79.0 Å². The fraction of sp³-hybridized carbons (Fsp3) is 0.391. The molecular formula is C23H26N6O5. The average Bonchev–Trinajstić information content (AvgIpc) is 3.57. The van der Waals surface area contributed by atoms with Crippen LogP contribution in [0.15, 0.2) is 48.5 Å². The molecular weight excluding hydrogens is 440 g/mol. The molecule has 2 saturated heterocycles. The number of amides is 1. The first-order valence-corrected chi connectivity index (χ1v) is 10.9. The summed E-state index contributed by atoms with van der Waals surface area (Å²) in [4.78, 5) is 14.4. The maximum Gasteiger partial charge on any atom is 0.412 e. The monoisotopic (exact) mass is 466 g/mol. The van der Waals surface area contributed by atoms with Crippen LogP contribution in [0.2, 0.25) is 0 Å². The number of nitrogens with one attached hydrogen (secondary N) is 1. The molecule has 11 heteroatoms. The summed E-state index contributed by atoms with van der Waals surface area (Å²) < 4.78 is 24.4. The van der Waals surface area contributed by atoms with Crippen molar-refractivity contribution in [3.8, 4) is 17.1 Å². The molecule has 0 spiro atoms. The molecule has 178 valence electrons. The minimum absolute atomic E-state index is 0.233. The Bertz CT molecular complexity index is 1130. The molecule has 2 fully saturated rings. The number of fused-ring (bicyclic) bond motifs is 1. The standard InChI is InChI=1S/C23H26N6O5/c1-28(2)16-8-4-14(5-9-16)22-25-26-27-29(22)18-12-32-21-19(13-33-20(18)21)34-23(30)24-15-6-10-17(31-3)11-7-15/h4-11,18-21H,12-13H2,1-3H3,(H,24,30)/t18-,19-,20-,21+/m1/s1. The average molecular weight is 466 g/mol. The first kappa shape index (κ1) is 22.1. The van der Waals surface area contributed by atoms with Crippen molar-refractivity contribution in [2.45, 2.75) is 24.4 Å². The van der Waals surface area contributed by atoms with Crippen LogP contribution in [0.3, 0.4) is 0 Å². The Morgan fingerprint density at radius 2 is 1.79 bits per heavy atom. The third-order valence-electron chi connectivity index (χ3n) is 6.03. The van der Waals surface area contributed by atoms with Crippen molar-refractivity contribution in [3.05, 3.63) is 48.5 Å². The lowest BCUT2D eigenvalue weighted by Crippen LogP contribution is -2.35. The van der Waals surface area contributed by atoms with Gasteiger partial charge in [-0.05, 0) is 59.0 Å². The number of ether oxygens (including phenoxy) is 4. The smallest absolute Gasteiger partial charge is 0.412 e. The minimum atomic E-state index is -0.574. The summed E-state index contributed by atoms with van der Waals surface area (Å²) >= 11 is 0. The molecule has 2 aliphatic heterocycles. The Morgan fingerprint density at radius 3 is 2.50 bits per heavy atom. The predicted octanol–water partition coefficient (Wildman–Crippen LogP) is 2.37. The molecule has 34 heavy (non-hydrogen) atoms. The van der Waals surface area contributed by atoms with Gasteiger partial charge in [0.05, 0.1) is 20.3 Å². The van der Waals surface area contributed by atoms with E-state index in [0.29, 0.717) is 23.9 Å². The molecule has 2 aromatic carbocycles. The van der Waals surface area contributed by atoms with Crippen LogP contribution < -0.4 is 15.0 Å². The molecule has 1 amide bonds. The van der Waals surface area contributed by atoms with E-state index in [-0.39, 0.29) is 18.8 Å². The lowest BCUT2D eigenvalue weighted by molar-refractivity contribution is 0.00774. The molecule has 0 aliphatic carbocycles. The summed E-state index contributed by atoms with van der Waals surface area (Å²) in [6.07, 6.45) is -1.84. The Hall–Kier alpha value is -3.70. The van der Waals surface area contributed by atoms with Crippen molar-refractivity contribution >= 4 is 17.5 Å². The number of hydrogen-bond donors (Lipinski definition) is 1. The van der Waals surface area contributed by atoms with Crippen LogP contribution in [-0.2, 0) is 14.2 Å². The number of rotatable bonds is 6. The number of aromatic nitrogens is 4. The van der Waals surface area contributed by atoms with Gasteiger partial charge in [-0.25, -0.2) is 9.48 Å². The second kappa shape index (κ2) is 9.27. The van der Waals surface area contributed by atoms with E-state index in [2.05, 4.69) is 20.8 Å². The molecule has 5 rings (SSSR count). The van der Waals surface area contributed by atoms with Crippen molar-refractivity contribution in [1.29, 1.82) is 0 Å². The summed E-state index contributed by atoms with van der Waals surface area (Å²) in [5.41, 5.74) is 2.58. The van der Waals surface area contributed by atoms with Gasteiger partial charge in [-0.1, -0.05) is 0 Å². The van der Waals surface area contributed by atoms with E-state index in [0.717, 1.165) is 11.3 Å². The fourth-order valence-electron chi connectivity index (χ4n) is 4.23. The van der Waals surface area contributed by atoms with Gasteiger partial charge in [0.1, 0.15) is 24.0 Å². The van der Waals surface area contributed by atoms with E-state index >= 15 is 0 Å². The maximum atomic E-state index is 12.4. The first-order valence-electron chi connectivity index (χ1n) is 10.9. The lowest BCUT2D eigenvalue weighted by Gasteiger charge is -2.18. The molecule has 0 unspecified atom stereocenters. The first-order chi connectivity index (χ1) is 16.5. The van der Waals surface area contributed by atoms with Crippen LogP contribution in [0.1, 0.15) is 6.04 Å². The Labute approximate surface area is 196 Å². The maximum absolute atomic E-state index is 12.4. The fourth-order valence-corrected chi connectivity index (χ4v) is 4.23. The van der Waals surface area contributed by atoms with E-state index in [1.165, 1.54) is 0 Å². The second-order valence-electron chi connectivity index (χ2n) is 8.35. The van der Waals surface area contributed by atoms with Gasteiger partial charge in [-0.15, -0.1) is 5.10 Å². The highest BCUT2D eigenvalue weighted by Crippen LogP contribution is 2.37. The molecule has 0 saturated carbocycles. The zero-order valence-corrected chi connectivity index (χ0v) is 19.1. The summed E-state index contributed by atoms with van der Waals surface area (Å²) in [7, 11) is 5.56. The van der Waals surface area contributed by atoms with Gasteiger partial charge < -0.3 is 23.8 Å². The van der Waals surface area contributed by atoms with Gasteiger partial charge in [0, 0.05) is 31.0 Å². The van der Waals surface area contributed by atoms with E-state index in [9.17, 15) is 4.79 Å². The zero-order chi connectivity index (χ0) is 23.7. The number of methoxy groups -OCH3 is 1. The molecule has 3 heterocycles. The van der Waals surface area contributed by atoms with Gasteiger partial charge in [-0.3, -0.25) is 5.32 Å². The molecule has 11 nitrogen and oxygen atoms in total. The molecule has 1 aromatic heterocycles. The molecule has 2 aliphatic rings. The quantitative estimate of drug-likeness (QED) is 0.585. The van der Waals surface area contributed by atoms with Gasteiger partial charge in [-0.2, -0.15) is 0 Å². The highest BCUT2D eigenvalue weighted by molar-refractivity contribution is 5.84. The van der Waals surface area contributed by atoms with Gasteiger partial charge in [0.15, 0.2) is 11.9 Å². The molecule has 3 aromatic rings. The SMILES string of the molecule is COc1ccc(NC(=O)O[C@@H]2CO[C@H]3[C@H]2OC[C@H]3n2nnnc2-c2ccc(N(C)C)cc2)cc1. The van der Waals surface area contributed by atoms with Crippen LogP contribution in [0.25, 0.3) is 11.4 Å². The number of hydrogen-bond acceptors (Lipinski definition) is 9. The summed E-state index contributed by atoms with van der Waals surface area (Å²) in [5.74, 6) is 1.33. The van der Waals surface area contributed by atoms with E-state index < -0.39 is 18.3 Å². The van der Waals surface area contributed by atoms with Crippen LogP contribution in [0, 0.1) is 0 Å². The van der Waals surface area contributed by atoms with E-state index in [1.54, 1.807) is 36.1 Å². The number of tetrazole rings is 1. The van der Waals surface area contributed by atoms with Crippen molar-refractivity contribution in [1.82, 2.24) is 20.2 Å². The topological polar surface area (TPSA) is 113 Å². The van der Waals surface area contributed by atoms with Crippen LogP contribution in [0.4, 0.5) is 16.2 Å². The van der Waals surface area contributed by atoms with Crippen LogP contribution in [0.5, 0.6) is 5.75 Å². The number of carbonyl (C=O) groups is 1. The van der Waals surface area contributed by atoms with Crippen molar-refractivity contribution in [2.75, 3.05) is 44.6 Å². The number of nitrogens with zero attached hydrogens (tertiary/aromatic N) is 5. The van der Waals surface area contributed by atoms with Crippen molar-refractivity contribution in [2.24, 2.45) is 0 Å². The lowest BCUT2D eigenvalue weighted by atomic mass is 10.1. The van der Waals surface area contributed by atoms with Crippen LogP contribution >= 0.6 is 0 Å². The molecule has 1 N–H and O–H groups in total. The Morgan fingerprint density at radius 1 is 1.06 bits per heavy atom. The highest BCUT2D eigenvalue weighted by Gasteiger charge is 2.51. The number of benzene rings is 2. The Kier molecular flexibility index (Phi) is 6.03. The van der Waals surface area contributed by atoms with E-state index in [4.69, 9.17) is 18.9 Å². The zero-order valence-electron chi connectivity index (χ0n) is 19.1. The van der Waals surface area contributed by atoms with Gasteiger partial charge in [0.2, 0.25) is 0 Å².